The topological polar surface area (TPSA) is 68.0 Å². The maximum atomic E-state index is 11.6. The molecule has 0 unspecified atom stereocenters. The molecule has 0 aliphatic carbocycles. The number of amides is 1. The van der Waals surface area contributed by atoms with E-state index in [4.69, 9.17) is 5.73 Å². The second-order valence-electron chi connectivity index (χ2n) is 3.83. The quantitative estimate of drug-likeness (QED) is 0.794. The molecular formula is C11H19N3OS. The maximum absolute atomic E-state index is 11.6. The van der Waals surface area contributed by atoms with Crippen molar-refractivity contribution in [2.45, 2.75) is 45.7 Å². The normalized spacial score (nSPS) is 12.4. The van der Waals surface area contributed by atoms with Crippen LogP contribution in [0.5, 0.6) is 0 Å². The van der Waals surface area contributed by atoms with Crippen LogP contribution in [-0.2, 0) is 11.3 Å². The zero-order chi connectivity index (χ0) is 12.0. The Balaban J connectivity index is 2.32. The fourth-order valence-corrected chi connectivity index (χ4v) is 2.07. The van der Waals surface area contributed by atoms with E-state index in [2.05, 4.69) is 17.2 Å². The van der Waals surface area contributed by atoms with Gasteiger partial charge in [0.15, 0.2) is 0 Å². The van der Waals surface area contributed by atoms with Crippen molar-refractivity contribution >= 4 is 17.2 Å². The van der Waals surface area contributed by atoms with Gasteiger partial charge in [-0.15, -0.1) is 11.3 Å². The molecule has 0 aliphatic rings. The smallest absolute Gasteiger partial charge is 0.237 e. The number of nitrogens with one attached hydrogen (secondary N) is 1. The molecule has 16 heavy (non-hydrogen) atoms. The van der Waals surface area contributed by atoms with Gasteiger partial charge in [0.1, 0.15) is 0 Å². The Morgan fingerprint density at radius 3 is 3.00 bits per heavy atom. The first-order chi connectivity index (χ1) is 7.65. The third-order valence-electron chi connectivity index (χ3n) is 2.47. The highest BCUT2D eigenvalue weighted by molar-refractivity contribution is 7.09. The minimum atomic E-state index is -0.381. The summed E-state index contributed by atoms with van der Waals surface area (Å²) in [5, 5.41) is 2.84. The van der Waals surface area contributed by atoms with E-state index < -0.39 is 0 Å². The van der Waals surface area contributed by atoms with Gasteiger partial charge in [0.25, 0.3) is 0 Å². The second kappa shape index (κ2) is 6.60. The summed E-state index contributed by atoms with van der Waals surface area (Å²) in [5.41, 5.74) is 8.52. The number of aromatic nitrogens is 1. The summed E-state index contributed by atoms with van der Waals surface area (Å²) in [6.45, 7) is 4.56. The van der Waals surface area contributed by atoms with Crippen LogP contribution in [0.3, 0.4) is 0 Å². The minimum absolute atomic E-state index is 0.0683. The van der Waals surface area contributed by atoms with Gasteiger partial charge in [-0.3, -0.25) is 4.79 Å². The summed E-state index contributed by atoms with van der Waals surface area (Å²) in [4.78, 5) is 16.8. The average Bonchev–Trinajstić information content (AvgIpc) is 2.68. The van der Waals surface area contributed by atoms with Gasteiger partial charge in [-0.05, 0) is 13.3 Å². The molecule has 0 saturated heterocycles. The van der Waals surface area contributed by atoms with Crippen molar-refractivity contribution in [3.05, 3.63) is 16.1 Å². The molecule has 0 radical (unpaired) electrons. The van der Waals surface area contributed by atoms with E-state index in [1.807, 2.05) is 6.92 Å². The molecule has 3 N–H and O–H groups in total. The van der Waals surface area contributed by atoms with E-state index in [0.29, 0.717) is 6.54 Å². The van der Waals surface area contributed by atoms with Crippen molar-refractivity contribution in [3.63, 3.8) is 0 Å². The van der Waals surface area contributed by atoms with Gasteiger partial charge in [-0.25, -0.2) is 4.98 Å². The Morgan fingerprint density at radius 1 is 1.69 bits per heavy atom. The van der Waals surface area contributed by atoms with Crippen LogP contribution in [0.25, 0.3) is 0 Å². The van der Waals surface area contributed by atoms with Crippen molar-refractivity contribution in [3.8, 4) is 0 Å². The van der Waals surface area contributed by atoms with Crippen LogP contribution in [0, 0.1) is 6.92 Å². The van der Waals surface area contributed by atoms with E-state index in [1.54, 1.807) is 16.8 Å². The molecule has 5 heteroatoms. The van der Waals surface area contributed by atoms with Crippen molar-refractivity contribution in [2.75, 3.05) is 0 Å². The van der Waals surface area contributed by atoms with Crippen molar-refractivity contribution in [2.24, 2.45) is 5.73 Å². The maximum Gasteiger partial charge on any atom is 0.237 e. The highest BCUT2D eigenvalue weighted by Crippen LogP contribution is 2.11. The summed E-state index contributed by atoms with van der Waals surface area (Å²) >= 11 is 1.55. The molecule has 1 rings (SSSR count). The minimum Gasteiger partial charge on any atom is -0.350 e. The number of hydrogen-bond acceptors (Lipinski definition) is 4. The third kappa shape index (κ3) is 3.90. The number of thiazole rings is 1. The summed E-state index contributed by atoms with van der Waals surface area (Å²) in [5.74, 6) is -0.0683. The molecule has 0 aromatic carbocycles. The van der Waals surface area contributed by atoms with Gasteiger partial charge in [0, 0.05) is 4.88 Å². The Labute approximate surface area is 100 Å². The van der Waals surface area contributed by atoms with E-state index in [1.165, 1.54) is 0 Å². The lowest BCUT2D eigenvalue weighted by molar-refractivity contribution is -0.122. The summed E-state index contributed by atoms with van der Waals surface area (Å²) in [6, 6.07) is -0.381. The molecule has 0 spiro atoms. The van der Waals surface area contributed by atoms with Crippen LogP contribution < -0.4 is 11.1 Å². The van der Waals surface area contributed by atoms with Crippen LogP contribution in [0.2, 0.25) is 0 Å². The Kier molecular flexibility index (Phi) is 5.42. The number of carbonyl (C=O) groups excluding carboxylic acids is 1. The monoisotopic (exact) mass is 241 g/mol. The van der Waals surface area contributed by atoms with E-state index in [9.17, 15) is 4.79 Å². The lowest BCUT2D eigenvalue weighted by Crippen LogP contribution is -2.40. The molecule has 0 saturated carbocycles. The lowest BCUT2D eigenvalue weighted by atomic mass is 10.1. The van der Waals surface area contributed by atoms with Gasteiger partial charge in [-0.2, -0.15) is 0 Å². The summed E-state index contributed by atoms with van der Waals surface area (Å²) in [6.07, 6.45) is 2.81. The van der Waals surface area contributed by atoms with Crippen LogP contribution in [0.4, 0.5) is 0 Å². The first-order valence-electron chi connectivity index (χ1n) is 5.57. The van der Waals surface area contributed by atoms with Crippen molar-refractivity contribution in [1.29, 1.82) is 0 Å². The Morgan fingerprint density at radius 2 is 2.44 bits per heavy atom. The average molecular weight is 241 g/mol. The molecule has 1 amide bonds. The molecule has 90 valence electrons. The molecule has 0 fully saturated rings. The summed E-state index contributed by atoms with van der Waals surface area (Å²) < 4.78 is 0. The molecule has 4 nitrogen and oxygen atoms in total. The number of aryl methyl sites for hydroxylation is 1. The fourth-order valence-electron chi connectivity index (χ4n) is 1.35. The van der Waals surface area contributed by atoms with Crippen LogP contribution >= 0.6 is 11.3 Å². The number of carbonyl (C=O) groups is 1. The molecule has 1 heterocycles. The first kappa shape index (κ1) is 13.1. The predicted octanol–water partition coefficient (Wildman–Crippen LogP) is 1.59. The number of nitrogens with two attached hydrogens (primary N) is 1. The SMILES string of the molecule is CCCC[C@H](N)C(=O)NCc1scnc1C. The Hall–Kier alpha value is -0.940. The van der Waals surface area contributed by atoms with Gasteiger partial charge >= 0.3 is 0 Å². The second-order valence-corrected chi connectivity index (χ2v) is 4.77. The highest BCUT2D eigenvalue weighted by atomic mass is 32.1. The number of rotatable bonds is 6. The van der Waals surface area contributed by atoms with E-state index in [-0.39, 0.29) is 11.9 Å². The zero-order valence-electron chi connectivity index (χ0n) is 9.82. The lowest BCUT2D eigenvalue weighted by Gasteiger charge is -2.11. The van der Waals surface area contributed by atoms with Crippen molar-refractivity contribution in [1.82, 2.24) is 10.3 Å². The number of nitrogens with zero attached hydrogens (tertiary/aromatic N) is 1. The number of unbranched alkanes of at least 4 members (excludes halogenated alkanes) is 1. The standard InChI is InChI=1S/C11H19N3OS/c1-3-4-5-9(12)11(15)13-6-10-8(2)14-7-16-10/h7,9H,3-6,12H2,1-2H3,(H,13,15)/t9-/m0/s1. The molecule has 1 aromatic rings. The fraction of sp³-hybridized carbons (Fsp3) is 0.636. The zero-order valence-corrected chi connectivity index (χ0v) is 10.6. The Bertz CT molecular complexity index is 338. The van der Waals surface area contributed by atoms with Gasteiger partial charge in [0.05, 0.1) is 23.8 Å². The molecule has 0 aliphatic heterocycles. The summed E-state index contributed by atoms with van der Waals surface area (Å²) in [7, 11) is 0. The van der Waals surface area contributed by atoms with Crippen LogP contribution in [-0.4, -0.2) is 16.9 Å². The molecule has 0 bridgehead atoms. The van der Waals surface area contributed by atoms with E-state index in [0.717, 1.165) is 29.8 Å². The highest BCUT2D eigenvalue weighted by Gasteiger charge is 2.12. The van der Waals surface area contributed by atoms with Crippen LogP contribution in [0.1, 0.15) is 36.8 Å². The number of hydrogen-bond donors (Lipinski definition) is 2. The molecular weight excluding hydrogens is 222 g/mol. The largest absolute Gasteiger partial charge is 0.350 e. The first-order valence-corrected chi connectivity index (χ1v) is 6.45. The van der Waals surface area contributed by atoms with Gasteiger partial charge in [0.2, 0.25) is 5.91 Å². The molecule has 1 aromatic heterocycles. The third-order valence-corrected chi connectivity index (χ3v) is 3.41. The van der Waals surface area contributed by atoms with E-state index >= 15 is 0 Å². The molecule has 1 atom stereocenters. The van der Waals surface area contributed by atoms with Gasteiger partial charge in [-0.1, -0.05) is 19.8 Å². The van der Waals surface area contributed by atoms with Crippen LogP contribution in [0.15, 0.2) is 5.51 Å². The van der Waals surface area contributed by atoms with Crippen molar-refractivity contribution < 1.29 is 4.79 Å². The predicted molar refractivity (Wildman–Crippen MR) is 66.2 cm³/mol. The van der Waals surface area contributed by atoms with Gasteiger partial charge < -0.3 is 11.1 Å².